The maximum absolute atomic E-state index is 11.2. The van der Waals surface area contributed by atoms with Gasteiger partial charge < -0.3 is 9.84 Å². The Kier molecular flexibility index (Phi) is 2.80. The molecule has 3 nitrogen and oxygen atoms in total. The number of thiophene rings is 1. The van der Waals surface area contributed by atoms with Crippen LogP contribution in [0.1, 0.15) is 26.5 Å². The number of hydrogen-bond donors (Lipinski definition) is 1. The second-order valence-electron chi connectivity index (χ2n) is 4.24. The van der Waals surface area contributed by atoms with Crippen LogP contribution >= 0.6 is 11.3 Å². The van der Waals surface area contributed by atoms with Crippen molar-refractivity contribution in [2.24, 2.45) is 0 Å². The second kappa shape index (κ2) is 4.46. The molecule has 2 aromatic rings. The molecule has 0 spiro atoms. The summed E-state index contributed by atoms with van der Waals surface area (Å²) < 4.78 is 5.78. The lowest BCUT2D eigenvalue weighted by Crippen LogP contribution is -1.97. The maximum atomic E-state index is 11.2. The molecule has 1 N–H and O–H groups in total. The van der Waals surface area contributed by atoms with Crippen molar-refractivity contribution in [3.63, 3.8) is 0 Å². The first kappa shape index (κ1) is 11.3. The summed E-state index contributed by atoms with van der Waals surface area (Å²) in [5, 5.41) is 9.23. The first-order chi connectivity index (χ1) is 8.75. The van der Waals surface area contributed by atoms with Crippen LogP contribution in [0.15, 0.2) is 30.3 Å². The number of aromatic carboxylic acids is 1. The average molecular weight is 260 g/mol. The summed E-state index contributed by atoms with van der Waals surface area (Å²) in [5.74, 6) is 0.332. The van der Waals surface area contributed by atoms with Crippen molar-refractivity contribution < 1.29 is 14.6 Å². The molecule has 1 aliphatic carbocycles. The predicted molar refractivity (Wildman–Crippen MR) is 69.8 cm³/mol. The number of ether oxygens (including phenoxy) is 1. The molecule has 0 saturated heterocycles. The van der Waals surface area contributed by atoms with Gasteiger partial charge in [-0.15, -0.1) is 11.3 Å². The summed E-state index contributed by atoms with van der Waals surface area (Å²) in [6.45, 7) is 0. The van der Waals surface area contributed by atoms with Crippen LogP contribution < -0.4 is 4.74 Å². The van der Waals surface area contributed by atoms with Crippen molar-refractivity contribution in [2.75, 3.05) is 0 Å². The van der Waals surface area contributed by atoms with Crippen LogP contribution in [0.4, 0.5) is 0 Å². The summed E-state index contributed by atoms with van der Waals surface area (Å²) in [5.41, 5.74) is 1.08. The Bertz CT molecular complexity index is 587. The van der Waals surface area contributed by atoms with E-state index >= 15 is 0 Å². The fourth-order valence-electron chi connectivity index (χ4n) is 2.23. The number of para-hydroxylation sites is 1. The molecular formula is C14H12O3S. The first-order valence-electron chi connectivity index (χ1n) is 5.86. The molecule has 1 aromatic heterocycles. The summed E-state index contributed by atoms with van der Waals surface area (Å²) in [7, 11) is 0. The minimum absolute atomic E-state index is 0.323. The number of aryl methyl sites for hydroxylation is 1. The third-order valence-electron chi connectivity index (χ3n) is 3.03. The molecule has 3 rings (SSSR count). The van der Waals surface area contributed by atoms with Gasteiger partial charge in [-0.3, -0.25) is 0 Å². The minimum atomic E-state index is -0.902. The molecule has 0 fully saturated rings. The zero-order valence-corrected chi connectivity index (χ0v) is 10.5. The van der Waals surface area contributed by atoms with Crippen LogP contribution in [0.2, 0.25) is 0 Å². The fraction of sp³-hybridized carbons (Fsp3) is 0.214. The zero-order chi connectivity index (χ0) is 12.5. The van der Waals surface area contributed by atoms with Gasteiger partial charge in [-0.25, -0.2) is 4.79 Å². The molecule has 0 atom stereocenters. The highest BCUT2D eigenvalue weighted by atomic mass is 32.1. The number of carbonyl (C=O) groups is 1. The highest BCUT2D eigenvalue weighted by Crippen LogP contribution is 2.42. The summed E-state index contributed by atoms with van der Waals surface area (Å²) in [6, 6.07) is 9.34. The lowest BCUT2D eigenvalue weighted by atomic mass is 10.2. The van der Waals surface area contributed by atoms with E-state index in [1.54, 1.807) is 0 Å². The van der Waals surface area contributed by atoms with E-state index in [0.717, 1.165) is 24.8 Å². The molecule has 1 heterocycles. The van der Waals surface area contributed by atoms with Crippen LogP contribution in [0.25, 0.3) is 0 Å². The van der Waals surface area contributed by atoms with Gasteiger partial charge in [-0.1, -0.05) is 18.2 Å². The van der Waals surface area contributed by atoms with E-state index in [4.69, 9.17) is 4.74 Å². The highest BCUT2D eigenvalue weighted by Gasteiger charge is 2.27. The second-order valence-corrected chi connectivity index (χ2v) is 5.34. The molecule has 1 aromatic carbocycles. The summed E-state index contributed by atoms with van der Waals surface area (Å²) in [6.07, 6.45) is 2.98. The lowest BCUT2D eigenvalue weighted by molar-refractivity contribution is 0.0699. The van der Waals surface area contributed by atoms with Crippen molar-refractivity contribution in [2.45, 2.75) is 19.3 Å². The molecule has 92 valence electrons. The smallest absolute Gasteiger partial charge is 0.349 e. The lowest BCUT2D eigenvalue weighted by Gasteiger charge is -2.07. The van der Waals surface area contributed by atoms with Gasteiger partial charge in [0.25, 0.3) is 0 Å². The van der Waals surface area contributed by atoms with E-state index in [1.807, 2.05) is 30.3 Å². The van der Waals surface area contributed by atoms with Crippen LogP contribution in [-0.4, -0.2) is 11.1 Å². The Morgan fingerprint density at radius 3 is 2.72 bits per heavy atom. The van der Waals surface area contributed by atoms with E-state index in [2.05, 4.69) is 0 Å². The van der Waals surface area contributed by atoms with E-state index in [1.165, 1.54) is 16.2 Å². The molecule has 0 amide bonds. The van der Waals surface area contributed by atoms with Crippen molar-refractivity contribution in [1.82, 2.24) is 0 Å². The Morgan fingerprint density at radius 2 is 2.00 bits per heavy atom. The third-order valence-corrected chi connectivity index (χ3v) is 4.29. The molecule has 0 saturated carbocycles. The molecule has 0 radical (unpaired) electrons. The molecule has 1 aliphatic rings. The van der Waals surface area contributed by atoms with Crippen molar-refractivity contribution >= 4 is 17.3 Å². The molecule has 4 heteroatoms. The number of hydrogen-bond acceptors (Lipinski definition) is 3. The maximum Gasteiger partial charge on any atom is 0.349 e. The van der Waals surface area contributed by atoms with E-state index < -0.39 is 5.97 Å². The van der Waals surface area contributed by atoms with Crippen LogP contribution in [0, 0.1) is 0 Å². The van der Waals surface area contributed by atoms with Crippen LogP contribution in [0.3, 0.4) is 0 Å². The molecule has 0 aliphatic heterocycles. The van der Waals surface area contributed by atoms with Crippen molar-refractivity contribution in [3.05, 3.63) is 45.6 Å². The number of benzene rings is 1. The number of carboxylic acids is 1. The fourth-order valence-corrected chi connectivity index (χ4v) is 3.39. The van der Waals surface area contributed by atoms with Crippen molar-refractivity contribution in [3.8, 4) is 11.5 Å². The number of fused-ring (bicyclic) bond motifs is 1. The Hall–Kier alpha value is -1.81. The predicted octanol–water partition coefficient (Wildman–Crippen LogP) is 3.73. The van der Waals surface area contributed by atoms with Gasteiger partial charge in [-0.2, -0.15) is 0 Å². The van der Waals surface area contributed by atoms with Gasteiger partial charge in [0, 0.05) is 10.4 Å². The van der Waals surface area contributed by atoms with Gasteiger partial charge >= 0.3 is 5.97 Å². The van der Waals surface area contributed by atoms with Gasteiger partial charge in [0.15, 0.2) is 10.6 Å². The zero-order valence-electron chi connectivity index (χ0n) is 9.68. The number of rotatable bonds is 3. The Labute approximate surface area is 109 Å². The molecule has 18 heavy (non-hydrogen) atoms. The van der Waals surface area contributed by atoms with Gasteiger partial charge in [-0.05, 0) is 31.4 Å². The van der Waals surface area contributed by atoms with Gasteiger partial charge in [0.2, 0.25) is 0 Å². The molecule has 0 bridgehead atoms. The minimum Gasteiger partial charge on any atom is -0.477 e. The molecular weight excluding hydrogens is 248 g/mol. The van der Waals surface area contributed by atoms with E-state index in [-0.39, 0.29) is 0 Å². The molecule has 0 unspecified atom stereocenters. The Morgan fingerprint density at radius 1 is 1.22 bits per heavy atom. The average Bonchev–Trinajstić information content (AvgIpc) is 2.93. The topological polar surface area (TPSA) is 46.5 Å². The van der Waals surface area contributed by atoms with Crippen LogP contribution in [0.5, 0.6) is 11.5 Å². The SMILES string of the molecule is O=C(O)c1sc2c(c1Oc1ccccc1)CCC2. The summed E-state index contributed by atoms with van der Waals surface area (Å²) >= 11 is 1.35. The monoisotopic (exact) mass is 260 g/mol. The van der Waals surface area contributed by atoms with Gasteiger partial charge in [0.1, 0.15) is 5.75 Å². The first-order valence-corrected chi connectivity index (χ1v) is 6.68. The summed E-state index contributed by atoms with van der Waals surface area (Å²) in [4.78, 5) is 12.7. The number of carboxylic acid groups (broad SMARTS) is 1. The largest absolute Gasteiger partial charge is 0.477 e. The quantitative estimate of drug-likeness (QED) is 0.914. The van der Waals surface area contributed by atoms with E-state index in [9.17, 15) is 9.90 Å². The Balaban J connectivity index is 2.02. The highest BCUT2D eigenvalue weighted by molar-refractivity contribution is 7.14. The normalized spacial score (nSPS) is 13.3. The third kappa shape index (κ3) is 1.88. The standard InChI is InChI=1S/C14H12O3S/c15-14(16)13-12(10-7-4-8-11(10)18-13)17-9-5-2-1-3-6-9/h1-3,5-6H,4,7-8H2,(H,15,16). The van der Waals surface area contributed by atoms with Crippen molar-refractivity contribution in [1.29, 1.82) is 0 Å². The van der Waals surface area contributed by atoms with Crippen LogP contribution in [-0.2, 0) is 12.8 Å². The van der Waals surface area contributed by atoms with Gasteiger partial charge in [0.05, 0.1) is 0 Å². The van der Waals surface area contributed by atoms with E-state index in [0.29, 0.717) is 16.4 Å².